The summed E-state index contributed by atoms with van der Waals surface area (Å²) >= 11 is 5.74. The fraction of sp³-hybridized carbons (Fsp3) is 0.200. The number of aromatic nitrogens is 3. The summed E-state index contributed by atoms with van der Waals surface area (Å²) in [6.07, 6.45) is 3.52. The number of anilines is 1. The zero-order valence-electron chi connectivity index (χ0n) is 8.31. The Bertz CT molecular complexity index is 441. The van der Waals surface area contributed by atoms with Gasteiger partial charge in [-0.3, -0.25) is 9.67 Å². The van der Waals surface area contributed by atoms with E-state index in [2.05, 4.69) is 10.1 Å². The molecule has 0 unspecified atom stereocenters. The van der Waals surface area contributed by atoms with Gasteiger partial charge < -0.3 is 5.73 Å². The highest BCUT2D eigenvalue weighted by atomic mass is 35.5. The van der Waals surface area contributed by atoms with Gasteiger partial charge in [-0.2, -0.15) is 5.10 Å². The quantitative estimate of drug-likeness (QED) is 0.844. The van der Waals surface area contributed by atoms with Crippen molar-refractivity contribution in [1.82, 2.24) is 14.8 Å². The van der Waals surface area contributed by atoms with Gasteiger partial charge >= 0.3 is 0 Å². The maximum absolute atomic E-state index is 5.74. The predicted molar refractivity (Wildman–Crippen MR) is 59.7 cm³/mol. The summed E-state index contributed by atoms with van der Waals surface area (Å²) in [5.41, 5.74) is 7.53. The van der Waals surface area contributed by atoms with Crippen LogP contribution in [0.1, 0.15) is 11.3 Å². The molecule has 0 aromatic carbocycles. The highest BCUT2D eigenvalue weighted by Gasteiger charge is 2.02. The second-order valence-electron chi connectivity index (χ2n) is 3.36. The summed E-state index contributed by atoms with van der Waals surface area (Å²) in [5, 5.41) is 4.78. The molecule has 0 bridgehead atoms. The molecule has 0 saturated carbocycles. The van der Waals surface area contributed by atoms with Gasteiger partial charge in [-0.1, -0.05) is 11.6 Å². The Kier molecular flexibility index (Phi) is 2.60. The summed E-state index contributed by atoms with van der Waals surface area (Å²) in [5.74, 6) is 0.559. The van der Waals surface area contributed by atoms with Gasteiger partial charge in [-0.05, 0) is 19.1 Å². The van der Waals surface area contributed by atoms with Crippen LogP contribution in [0.5, 0.6) is 0 Å². The van der Waals surface area contributed by atoms with Crippen molar-refractivity contribution >= 4 is 17.4 Å². The van der Waals surface area contributed by atoms with Gasteiger partial charge in [0.1, 0.15) is 5.82 Å². The smallest absolute Gasteiger partial charge is 0.148 e. The predicted octanol–water partition coefficient (Wildman–Crippen LogP) is 1.87. The molecular formula is C10H11ClN4. The first-order chi connectivity index (χ1) is 7.15. The van der Waals surface area contributed by atoms with Crippen LogP contribution in [0.4, 0.5) is 5.82 Å². The van der Waals surface area contributed by atoms with Crippen LogP contribution in [0.15, 0.2) is 24.5 Å². The number of pyridine rings is 1. The van der Waals surface area contributed by atoms with E-state index in [0.717, 1.165) is 11.3 Å². The molecule has 4 nitrogen and oxygen atoms in total. The van der Waals surface area contributed by atoms with Crippen molar-refractivity contribution in [2.75, 3.05) is 5.73 Å². The van der Waals surface area contributed by atoms with Crippen molar-refractivity contribution < 1.29 is 0 Å². The zero-order chi connectivity index (χ0) is 10.8. The SMILES string of the molecule is Cc1cn(Cc2ccc(Cl)cn2)nc1N. The first kappa shape index (κ1) is 9.98. The van der Waals surface area contributed by atoms with Crippen molar-refractivity contribution in [3.63, 3.8) is 0 Å². The maximum Gasteiger partial charge on any atom is 0.148 e. The third-order valence-electron chi connectivity index (χ3n) is 2.10. The Labute approximate surface area is 92.7 Å². The van der Waals surface area contributed by atoms with E-state index in [1.807, 2.05) is 25.3 Å². The summed E-state index contributed by atoms with van der Waals surface area (Å²) in [4.78, 5) is 4.18. The molecule has 2 heterocycles. The van der Waals surface area contributed by atoms with Crippen molar-refractivity contribution in [2.45, 2.75) is 13.5 Å². The van der Waals surface area contributed by atoms with E-state index in [1.165, 1.54) is 0 Å². The average Bonchev–Trinajstić information content (AvgIpc) is 2.50. The largest absolute Gasteiger partial charge is 0.382 e. The molecule has 0 aliphatic heterocycles. The Morgan fingerprint density at radius 2 is 2.27 bits per heavy atom. The fourth-order valence-electron chi connectivity index (χ4n) is 1.28. The number of nitrogens with zero attached hydrogens (tertiary/aromatic N) is 3. The summed E-state index contributed by atoms with van der Waals surface area (Å²) in [6, 6.07) is 3.68. The molecule has 0 aliphatic carbocycles. The van der Waals surface area contributed by atoms with E-state index in [0.29, 0.717) is 17.4 Å². The summed E-state index contributed by atoms with van der Waals surface area (Å²) in [6.45, 7) is 2.53. The molecule has 0 fully saturated rings. The van der Waals surface area contributed by atoms with Crippen LogP contribution >= 0.6 is 11.6 Å². The third kappa shape index (κ3) is 2.27. The molecule has 0 amide bonds. The lowest BCUT2D eigenvalue weighted by atomic mass is 10.3. The van der Waals surface area contributed by atoms with Crippen molar-refractivity contribution in [1.29, 1.82) is 0 Å². The van der Waals surface area contributed by atoms with Crippen molar-refractivity contribution in [2.24, 2.45) is 0 Å². The number of rotatable bonds is 2. The first-order valence-electron chi connectivity index (χ1n) is 4.55. The van der Waals surface area contributed by atoms with Crippen LogP contribution in [0.2, 0.25) is 5.02 Å². The molecular weight excluding hydrogens is 212 g/mol. The van der Waals surface area contributed by atoms with Crippen LogP contribution in [0.25, 0.3) is 0 Å². The van der Waals surface area contributed by atoms with Crippen LogP contribution in [0, 0.1) is 6.92 Å². The minimum Gasteiger partial charge on any atom is -0.382 e. The Morgan fingerprint density at radius 1 is 1.47 bits per heavy atom. The number of aryl methyl sites for hydroxylation is 1. The monoisotopic (exact) mass is 222 g/mol. The van der Waals surface area contributed by atoms with E-state index in [-0.39, 0.29) is 0 Å². The van der Waals surface area contributed by atoms with Gasteiger partial charge in [0.2, 0.25) is 0 Å². The van der Waals surface area contributed by atoms with Crippen molar-refractivity contribution in [3.8, 4) is 0 Å². The van der Waals surface area contributed by atoms with E-state index in [1.54, 1.807) is 10.9 Å². The molecule has 0 spiro atoms. The number of hydrogen-bond donors (Lipinski definition) is 1. The zero-order valence-corrected chi connectivity index (χ0v) is 9.07. The van der Waals surface area contributed by atoms with E-state index >= 15 is 0 Å². The second kappa shape index (κ2) is 3.90. The molecule has 78 valence electrons. The lowest BCUT2D eigenvalue weighted by Gasteiger charge is -2.00. The fourth-order valence-corrected chi connectivity index (χ4v) is 1.39. The van der Waals surface area contributed by atoms with Gasteiger partial charge in [0.15, 0.2) is 0 Å². The Hall–Kier alpha value is -1.55. The lowest BCUT2D eigenvalue weighted by molar-refractivity contribution is 0.675. The standard InChI is InChI=1S/C10H11ClN4/c1-7-5-15(14-10(7)12)6-9-3-2-8(11)4-13-9/h2-5H,6H2,1H3,(H2,12,14). The highest BCUT2D eigenvalue weighted by Crippen LogP contribution is 2.10. The number of halogens is 1. The Balaban J connectivity index is 2.18. The highest BCUT2D eigenvalue weighted by molar-refractivity contribution is 6.30. The maximum atomic E-state index is 5.74. The Morgan fingerprint density at radius 3 is 2.80 bits per heavy atom. The lowest BCUT2D eigenvalue weighted by Crippen LogP contribution is -2.02. The molecule has 2 aromatic heterocycles. The van der Waals surface area contributed by atoms with E-state index < -0.39 is 0 Å². The second-order valence-corrected chi connectivity index (χ2v) is 3.80. The summed E-state index contributed by atoms with van der Waals surface area (Å²) in [7, 11) is 0. The molecule has 5 heteroatoms. The third-order valence-corrected chi connectivity index (χ3v) is 2.32. The molecule has 0 aliphatic rings. The van der Waals surface area contributed by atoms with Crippen LogP contribution in [-0.2, 0) is 6.54 Å². The van der Waals surface area contributed by atoms with Crippen LogP contribution in [0.3, 0.4) is 0 Å². The van der Waals surface area contributed by atoms with E-state index in [4.69, 9.17) is 17.3 Å². The van der Waals surface area contributed by atoms with Crippen LogP contribution in [-0.4, -0.2) is 14.8 Å². The number of hydrogen-bond acceptors (Lipinski definition) is 3. The molecule has 15 heavy (non-hydrogen) atoms. The summed E-state index contributed by atoms with van der Waals surface area (Å²) < 4.78 is 1.76. The van der Waals surface area contributed by atoms with E-state index in [9.17, 15) is 0 Å². The topological polar surface area (TPSA) is 56.7 Å². The van der Waals surface area contributed by atoms with Gasteiger partial charge in [0.25, 0.3) is 0 Å². The van der Waals surface area contributed by atoms with Gasteiger partial charge in [-0.25, -0.2) is 0 Å². The van der Waals surface area contributed by atoms with Gasteiger partial charge in [-0.15, -0.1) is 0 Å². The first-order valence-corrected chi connectivity index (χ1v) is 4.93. The molecule has 0 radical (unpaired) electrons. The van der Waals surface area contributed by atoms with Crippen LogP contribution < -0.4 is 5.73 Å². The molecule has 0 saturated heterocycles. The molecule has 0 atom stereocenters. The number of nitrogens with two attached hydrogens (primary N) is 1. The minimum absolute atomic E-state index is 0.559. The van der Waals surface area contributed by atoms with Gasteiger partial charge in [0.05, 0.1) is 17.3 Å². The van der Waals surface area contributed by atoms with Crippen molar-refractivity contribution in [3.05, 3.63) is 40.8 Å². The molecule has 2 N–H and O–H groups in total. The average molecular weight is 223 g/mol. The minimum atomic E-state index is 0.559. The molecule has 2 rings (SSSR count). The number of nitrogen functional groups attached to an aromatic ring is 1. The molecule has 2 aromatic rings. The van der Waals surface area contributed by atoms with Gasteiger partial charge in [0, 0.05) is 18.0 Å². The normalized spacial score (nSPS) is 10.5.